The highest BCUT2D eigenvalue weighted by atomic mass is 32.1. The number of hydrogen-bond donors (Lipinski definition) is 1. The molecule has 0 saturated heterocycles. The summed E-state index contributed by atoms with van der Waals surface area (Å²) < 4.78 is 7.18. The lowest BCUT2D eigenvalue weighted by Gasteiger charge is -2.27. The van der Waals surface area contributed by atoms with E-state index in [0.717, 1.165) is 48.3 Å². The van der Waals surface area contributed by atoms with E-state index in [1.54, 1.807) is 22.9 Å². The fraction of sp³-hybridized carbons (Fsp3) is 0.417. The van der Waals surface area contributed by atoms with Crippen LogP contribution in [0.1, 0.15) is 63.5 Å². The molecule has 1 aliphatic heterocycles. The van der Waals surface area contributed by atoms with E-state index in [0.29, 0.717) is 37.4 Å². The van der Waals surface area contributed by atoms with Crippen molar-refractivity contribution in [1.82, 2.24) is 25.0 Å². The molecule has 1 aromatic carbocycles. The van der Waals surface area contributed by atoms with Crippen molar-refractivity contribution in [1.29, 1.82) is 0 Å². The van der Waals surface area contributed by atoms with E-state index in [1.807, 2.05) is 28.9 Å². The van der Waals surface area contributed by atoms with E-state index in [1.165, 1.54) is 11.3 Å². The number of rotatable bonds is 6. The Labute approximate surface area is 196 Å². The van der Waals surface area contributed by atoms with E-state index in [9.17, 15) is 9.59 Å². The molecule has 0 radical (unpaired) electrons. The SMILES string of the molecule is COc1ccc(Cn2nc(C(=O)NC3CCCC3)c3c2CCN(C(=O)c2cscn2)C3)cc1. The Morgan fingerprint density at radius 2 is 2.00 bits per heavy atom. The van der Waals surface area contributed by atoms with Gasteiger partial charge in [-0.15, -0.1) is 11.3 Å². The molecule has 3 heterocycles. The minimum absolute atomic E-state index is 0.105. The molecule has 1 saturated carbocycles. The molecule has 0 spiro atoms. The normalized spacial score (nSPS) is 16.0. The minimum Gasteiger partial charge on any atom is -0.497 e. The molecule has 9 heteroatoms. The van der Waals surface area contributed by atoms with Gasteiger partial charge in [0, 0.05) is 35.6 Å². The third kappa shape index (κ3) is 4.50. The van der Waals surface area contributed by atoms with Crippen LogP contribution >= 0.6 is 11.3 Å². The highest BCUT2D eigenvalue weighted by Gasteiger charge is 2.32. The van der Waals surface area contributed by atoms with Gasteiger partial charge in [-0.2, -0.15) is 5.10 Å². The molecule has 1 fully saturated rings. The van der Waals surface area contributed by atoms with E-state index in [2.05, 4.69) is 10.3 Å². The first-order chi connectivity index (χ1) is 16.1. The number of nitrogens with zero attached hydrogens (tertiary/aromatic N) is 4. The van der Waals surface area contributed by atoms with Crippen molar-refractivity contribution < 1.29 is 14.3 Å². The first-order valence-electron chi connectivity index (χ1n) is 11.3. The van der Waals surface area contributed by atoms with Gasteiger partial charge < -0.3 is 15.0 Å². The van der Waals surface area contributed by atoms with Gasteiger partial charge in [0.1, 0.15) is 11.4 Å². The second-order valence-corrected chi connectivity index (χ2v) is 9.30. The van der Waals surface area contributed by atoms with Crippen LogP contribution in [0, 0.1) is 0 Å². The predicted molar refractivity (Wildman–Crippen MR) is 125 cm³/mol. The van der Waals surface area contributed by atoms with Crippen molar-refractivity contribution in [3.63, 3.8) is 0 Å². The molecule has 1 aliphatic carbocycles. The van der Waals surface area contributed by atoms with Gasteiger partial charge in [0.2, 0.25) is 0 Å². The highest BCUT2D eigenvalue weighted by Crippen LogP contribution is 2.26. The minimum atomic E-state index is -0.144. The summed E-state index contributed by atoms with van der Waals surface area (Å²) in [5.41, 5.74) is 5.48. The lowest BCUT2D eigenvalue weighted by molar-refractivity contribution is 0.0725. The Hall–Kier alpha value is -3.20. The number of nitrogens with one attached hydrogen (secondary N) is 1. The van der Waals surface area contributed by atoms with Crippen molar-refractivity contribution in [2.45, 2.75) is 51.2 Å². The van der Waals surface area contributed by atoms with E-state index < -0.39 is 0 Å². The van der Waals surface area contributed by atoms with Gasteiger partial charge in [-0.1, -0.05) is 25.0 Å². The molecule has 3 aromatic rings. The molecule has 1 N–H and O–H groups in total. The summed E-state index contributed by atoms with van der Waals surface area (Å²) in [4.78, 5) is 32.1. The van der Waals surface area contributed by atoms with Gasteiger partial charge >= 0.3 is 0 Å². The number of carbonyl (C=O) groups is 2. The molecule has 0 bridgehead atoms. The Balaban J connectivity index is 1.44. The van der Waals surface area contributed by atoms with Crippen molar-refractivity contribution in [2.24, 2.45) is 0 Å². The molecule has 2 aromatic heterocycles. The molecule has 2 aliphatic rings. The van der Waals surface area contributed by atoms with Crippen LogP contribution in [0.5, 0.6) is 5.75 Å². The van der Waals surface area contributed by atoms with Gasteiger partial charge in [0.05, 0.1) is 25.7 Å². The van der Waals surface area contributed by atoms with Crippen LogP contribution in [0.3, 0.4) is 0 Å². The second-order valence-electron chi connectivity index (χ2n) is 8.58. The summed E-state index contributed by atoms with van der Waals surface area (Å²) in [6.07, 6.45) is 4.95. The molecular formula is C24H27N5O3S. The van der Waals surface area contributed by atoms with Crippen LogP contribution in [-0.4, -0.2) is 51.2 Å². The molecule has 0 atom stereocenters. The fourth-order valence-electron chi connectivity index (χ4n) is 4.69. The van der Waals surface area contributed by atoms with Crippen LogP contribution in [0.4, 0.5) is 0 Å². The van der Waals surface area contributed by atoms with Gasteiger partial charge in [-0.25, -0.2) is 4.98 Å². The molecular weight excluding hydrogens is 438 g/mol. The van der Waals surface area contributed by atoms with E-state index in [4.69, 9.17) is 9.84 Å². The smallest absolute Gasteiger partial charge is 0.273 e. The zero-order valence-electron chi connectivity index (χ0n) is 18.6. The topological polar surface area (TPSA) is 89.4 Å². The number of hydrogen-bond acceptors (Lipinski definition) is 6. The Morgan fingerprint density at radius 3 is 2.70 bits per heavy atom. The number of thiazole rings is 1. The van der Waals surface area contributed by atoms with Gasteiger partial charge in [0.25, 0.3) is 11.8 Å². The Morgan fingerprint density at radius 1 is 1.21 bits per heavy atom. The van der Waals surface area contributed by atoms with Gasteiger partial charge in [0.15, 0.2) is 5.69 Å². The van der Waals surface area contributed by atoms with Crippen LogP contribution in [0.15, 0.2) is 35.2 Å². The number of methoxy groups -OCH3 is 1. The average Bonchev–Trinajstić information content (AvgIpc) is 3.61. The lowest BCUT2D eigenvalue weighted by atomic mass is 10.0. The summed E-state index contributed by atoms with van der Waals surface area (Å²) in [6.45, 7) is 1.49. The molecule has 172 valence electrons. The number of carbonyl (C=O) groups excluding carboxylic acids is 2. The second kappa shape index (κ2) is 9.35. The summed E-state index contributed by atoms with van der Waals surface area (Å²) in [5, 5.41) is 9.68. The van der Waals surface area contributed by atoms with Gasteiger partial charge in [-0.3, -0.25) is 14.3 Å². The molecule has 0 unspecified atom stereocenters. The molecule has 2 amide bonds. The zero-order chi connectivity index (χ0) is 22.8. The predicted octanol–water partition coefficient (Wildman–Crippen LogP) is 3.27. The maximum Gasteiger partial charge on any atom is 0.273 e. The molecule has 8 nitrogen and oxygen atoms in total. The number of aromatic nitrogens is 3. The number of fused-ring (bicyclic) bond motifs is 1. The Bertz CT molecular complexity index is 1130. The van der Waals surface area contributed by atoms with Crippen molar-refractivity contribution >= 4 is 23.2 Å². The van der Waals surface area contributed by atoms with Crippen molar-refractivity contribution in [2.75, 3.05) is 13.7 Å². The third-order valence-electron chi connectivity index (χ3n) is 6.47. The van der Waals surface area contributed by atoms with E-state index in [-0.39, 0.29) is 17.9 Å². The average molecular weight is 466 g/mol. The largest absolute Gasteiger partial charge is 0.497 e. The first kappa shape index (κ1) is 21.6. The zero-order valence-corrected chi connectivity index (χ0v) is 19.4. The van der Waals surface area contributed by atoms with Crippen LogP contribution < -0.4 is 10.1 Å². The maximum atomic E-state index is 13.2. The van der Waals surface area contributed by atoms with Crippen molar-refractivity contribution in [3.05, 3.63) is 63.4 Å². The third-order valence-corrected chi connectivity index (χ3v) is 7.06. The quantitative estimate of drug-likeness (QED) is 0.604. The summed E-state index contributed by atoms with van der Waals surface area (Å²) >= 11 is 1.40. The number of benzene rings is 1. The summed E-state index contributed by atoms with van der Waals surface area (Å²) in [7, 11) is 1.65. The fourth-order valence-corrected chi connectivity index (χ4v) is 5.21. The van der Waals surface area contributed by atoms with Crippen LogP contribution in [-0.2, 0) is 19.5 Å². The van der Waals surface area contributed by atoms with Crippen LogP contribution in [0.25, 0.3) is 0 Å². The summed E-state index contributed by atoms with van der Waals surface area (Å²) in [6, 6.07) is 8.06. The van der Waals surface area contributed by atoms with E-state index >= 15 is 0 Å². The molecule has 5 rings (SSSR count). The number of amides is 2. The highest BCUT2D eigenvalue weighted by molar-refractivity contribution is 7.07. The first-order valence-corrected chi connectivity index (χ1v) is 12.3. The monoisotopic (exact) mass is 465 g/mol. The maximum absolute atomic E-state index is 13.2. The number of ether oxygens (including phenoxy) is 1. The van der Waals surface area contributed by atoms with Gasteiger partial charge in [-0.05, 0) is 30.5 Å². The lowest BCUT2D eigenvalue weighted by Crippen LogP contribution is -2.38. The van der Waals surface area contributed by atoms with Crippen LogP contribution in [0.2, 0.25) is 0 Å². The molecule has 33 heavy (non-hydrogen) atoms. The Kier molecular flexibility index (Phi) is 6.13. The summed E-state index contributed by atoms with van der Waals surface area (Å²) in [5.74, 6) is 0.551. The standard InChI is InChI=1S/C24H27N5O3S/c1-32-18-8-6-16(7-9-18)12-29-21-10-11-28(24(31)20-14-33-15-25-20)13-19(21)22(27-29)23(30)26-17-4-2-3-5-17/h6-9,14-15,17H,2-5,10-13H2,1H3,(H,26,30). The van der Waals surface area contributed by atoms with Crippen molar-refractivity contribution in [3.8, 4) is 5.75 Å².